The van der Waals surface area contributed by atoms with Crippen LogP contribution in [0, 0.1) is 0 Å². The Hall–Kier alpha value is -2.54. The molecule has 0 fully saturated rings. The van der Waals surface area contributed by atoms with E-state index in [2.05, 4.69) is 10.6 Å². The second-order valence-corrected chi connectivity index (χ2v) is 4.75. The lowest BCUT2D eigenvalue weighted by Gasteiger charge is -2.09. The number of thiophene rings is 1. The SMILES string of the molecule is O=C(NCc1ccsc1)Nc1ccc(O)cc1C(=O)O. The normalized spacial score (nSPS) is 10.0. The number of benzene rings is 1. The predicted octanol–water partition coefficient (Wildman–Crippen LogP) is 2.47. The molecule has 104 valence electrons. The molecule has 1 aromatic carbocycles. The minimum absolute atomic E-state index is 0.123. The first kappa shape index (κ1) is 13.9. The molecular formula is C13H12N2O4S. The molecule has 2 rings (SSSR count). The number of anilines is 1. The highest BCUT2D eigenvalue weighted by Crippen LogP contribution is 2.21. The van der Waals surface area contributed by atoms with Crippen LogP contribution >= 0.6 is 11.3 Å². The number of urea groups is 1. The van der Waals surface area contributed by atoms with Gasteiger partial charge in [0.15, 0.2) is 0 Å². The first-order valence-corrected chi connectivity index (χ1v) is 6.63. The maximum atomic E-state index is 11.7. The van der Waals surface area contributed by atoms with Crippen LogP contribution in [-0.4, -0.2) is 22.2 Å². The van der Waals surface area contributed by atoms with Crippen molar-refractivity contribution in [3.05, 3.63) is 46.2 Å². The number of aromatic carboxylic acids is 1. The van der Waals surface area contributed by atoms with Crippen LogP contribution in [-0.2, 0) is 6.54 Å². The Morgan fingerprint density at radius 2 is 2.05 bits per heavy atom. The van der Waals surface area contributed by atoms with Crippen molar-refractivity contribution in [2.45, 2.75) is 6.54 Å². The number of hydrogen-bond donors (Lipinski definition) is 4. The van der Waals surface area contributed by atoms with E-state index < -0.39 is 12.0 Å². The fraction of sp³-hybridized carbons (Fsp3) is 0.0769. The van der Waals surface area contributed by atoms with Gasteiger partial charge in [0, 0.05) is 6.54 Å². The maximum Gasteiger partial charge on any atom is 0.337 e. The number of phenolic OH excluding ortho intramolecular Hbond substituents is 1. The molecule has 0 aliphatic rings. The van der Waals surface area contributed by atoms with Crippen LogP contribution in [0.25, 0.3) is 0 Å². The van der Waals surface area contributed by atoms with Crippen molar-refractivity contribution in [1.82, 2.24) is 5.32 Å². The molecule has 1 heterocycles. The molecule has 2 amide bonds. The van der Waals surface area contributed by atoms with Crippen molar-refractivity contribution in [1.29, 1.82) is 0 Å². The molecule has 0 bridgehead atoms. The summed E-state index contributed by atoms with van der Waals surface area (Å²) in [4.78, 5) is 22.7. The van der Waals surface area contributed by atoms with Crippen molar-refractivity contribution in [3.8, 4) is 5.75 Å². The number of nitrogens with one attached hydrogen (secondary N) is 2. The Labute approximate surface area is 118 Å². The molecule has 0 saturated carbocycles. The highest BCUT2D eigenvalue weighted by Gasteiger charge is 2.13. The third kappa shape index (κ3) is 3.48. The van der Waals surface area contributed by atoms with E-state index in [1.54, 1.807) is 0 Å². The molecule has 0 unspecified atom stereocenters. The van der Waals surface area contributed by atoms with E-state index in [1.165, 1.54) is 23.5 Å². The number of carboxylic acids is 1. The fourth-order valence-corrected chi connectivity index (χ4v) is 2.23. The van der Waals surface area contributed by atoms with Gasteiger partial charge in [-0.05, 0) is 40.6 Å². The second kappa shape index (κ2) is 6.07. The molecule has 2 aromatic rings. The molecule has 7 heteroatoms. The number of carbonyl (C=O) groups excluding carboxylic acids is 1. The van der Waals surface area contributed by atoms with Crippen LogP contribution in [0.2, 0.25) is 0 Å². The van der Waals surface area contributed by atoms with Crippen molar-refractivity contribution in [3.63, 3.8) is 0 Å². The molecule has 0 aliphatic carbocycles. The van der Waals surface area contributed by atoms with E-state index in [4.69, 9.17) is 5.11 Å². The summed E-state index contributed by atoms with van der Waals surface area (Å²) in [5.74, 6) is -1.40. The average molecular weight is 292 g/mol. The number of carboxylic acid groups (broad SMARTS) is 1. The van der Waals surface area contributed by atoms with Crippen molar-refractivity contribution in [2.24, 2.45) is 0 Å². The molecule has 1 aromatic heterocycles. The number of amides is 2. The van der Waals surface area contributed by atoms with Crippen LogP contribution in [0.5, 0.6) is 5.75 Å². The van der Waals surface area contributed by atoms with Crippen LogP contribution < -0.4 is 10.6 Å². The van der Waals surface area contributed by atoms with E-state index in [1.807, 2.05) is 16.8 Å². The summed E-state index contributed by atoms with van der Waals surface area (Å²) in [6.07, 6.45) is 0. The number of hydrogen-bond acceptors (Lipinski definition) is 4. The van der Waals surface area contributed by atoms with Gasteiger partial charge in [-0.25, -0.2) is 9.59 Å². The first-order valence-electron chi connectivity index (χ1n) is 5.68. The zero-order valence-electron chi connectivity index (χ0n) is 10.3. The quantitative estimate of drug-likeness (QED) is 0.650. The molecule has 4 N–H and O–H groups in total. The largest absolute Gasteiger partial charge is 0.508 e. The summed E-state index contributed by atoms with van der Waals surface area (Å²) in [7, 11) is 0. The molecule has 0 radical (unpaired) electrons. The van der Waals surface area contributed by atoms with Gasteiger partial charge in [-0.2, -0.15) is 11.3 Å². The highest BCUT2D eigenvalue weighted by molar-refractivity contribution is 7.07. The first-order chi connectivity index (χ1) is 9.56. The summed E-state index contributed by atoms with van der Waals surface area (Å²) in [6.45, 7) is 0.357. The third-order valence-electron chi connectivity index (χ3n) is 2.51. The van der Waals surface area contributed by atoms with Gasteiger partial charge in [-0.15, -0.1) is 0 Å². The zero-order chi connectivity index (χ0) is 14.5. The lowest BCUT2D eigenvalue weighted by Crippen LogP contribution is -2.28. The van der Waals surface area contributed by atoms with Gasteiger partial charge >= 0.3 is 12.0 Å². The Morgan fingerprint density at radius 1 is 1.25 bits per heavy atom. The van der Waals surface area contributed by atoms with E-state index >= 15 is 0 Å². The molecule has 0 spiro atoms. The van der Waals surface area contributed by atoms with Crippen LogP contribution in [0.3, 0.4) is 0 Å². The second-order valence-electron chi connectivity index (χ2n) is 3.97. The van der Waals surface area contributed by atoms with Crippen LogP contribution in [0.4, 0.5) is 10.5 Å². The number of rotatable bonds is 4. The zero-order valence-corrected chi connectivity index (χ0v) is 11.1. The summed E-state index contributed by atoms with van der Waals surface area (Å²) >= 11 is 1.53. The van der Waals surface area contributed by atoms with Gasteiger partial charge in [-0.1, -0.05) is 0 Å². The van der Waals surface area contributed by atoms with E-state index in [9.17, 15) is 14.7 Å². The number of aromatic hydroxyl groups is 1. The Bertz CT molecular complexity index is 625. The fourth-order valence-electron chi connectivity index (χ4n) is 1.56. The van der Waals surface area contributed by atoms with Gasteiger partial charge in [0.1, 0.15) is 5.75 Å². The molecule has 0 saturated heterocycles. The predicted molar refractivity (Wildman–Crippen MR) is 75.2 cm³/mol. The topological polar surface area (TPSA) is 98.7 Å². The van der Waals surface area contributed by atoms with Gasteiger partial charge < -0.3 is 20.8 Å². The third-order valence-corrected chi connectivity index (χ3v) is 3.25. The molecule has 6 nitrogen and oxygen atoms in total. The number of carbonyl (C=O) groups is 2. The Balaban J connectivity index is 2.02. The minimum Gasteiger partial charge on any atom is -0.508 e. The monoisotopic (exact) mass is 292 g/mol. The minimum atomic E-state index is -1.23. The van der Waals surface area contributed by atoms with Crippen LogP contribution in [0.1, 0.15) is 15.9 Å². The van der Waals surface area contributed by atoms with Gasteiger partial charge in [0.25, 0.3) is 0 Å². The average Bonchev–Trinajstić information content (AvgIpc) is 2.91. The molecular weight excluding hydrogens is 280 g/mol. The molecule has 20 heavy (non-hydrogen) atoms. The summed E-state index contributed by atoms with van der Waals surface area (Å²) in [6, 6.07) is 5.10. The lowest BCUT2D eigenvalue weighted by molar-refractivity contribution is 0.0697. The van der Waals surface area contributed by atoms with Crippen molar-refractivity contribution >= 4 is 29.0 Å². The highest BCUT2D eigenvalue weighted by atomic mass is 32.1. The van der Waals surface area contributed by atoms with Crippen molar-refractivity contribution < 1.29 is 19.8 Å². The number of phenols is 1. The van der Waals surface area contributed by atoms with E-state index in [0.717, 1.165) is 11.6 Å². The van der Waals surface area contributed by atoms with E-state index in [0.29, 0.717) is 6.54 Å². The van der Waals surface area contributed by atoms with E-state index in [-0.39, 0.29) is 17.0 Å². The van der Waals surface area contributed by atoms with Gasteiger partial charge in [0.2, 0.25) is 0 Å². The van der Waals surface area contributed by atoms with Gasteiger partial charge in [-0.3, -0.25) is 0 Å². The standard InChI is InChI=1S/C13H12N2O4S/c16-9-1-2-11(10(5-9)12(17)18)15-13(19)14-6-8-3-4-20-7-8/h1-5,7,16H,6H2,(H,17,18)(H2,14,15,19). The smallest absolute Gasteiger partial charge is 0.337 e. The molecule has 0 atom stereocenters. The Kier molecular flexibility index (Phi) is 4.21. The van der Waals surface area contributed by atoms with Crippen LogP contribution in [0.15, 0.2) is 35.0 Å². The Morgan fingerprint density at radius 3 is 2.70 bits per heavy atom. The van der Waals surface area contributed by atoms with Gasteiger partial charge in [0.05, 0.1) is 11.3 Å². The maximum absolute atomic E-state index is 11.7. The lowest BCUT2D eigenvalue weighted by atomic mass is 10.1. The summed E-state index contributed by atoms with van der Waals surface area (Å²) < 4.78 is 0. The summed E-state index contributed by atoms with van der Waals surface area (Å²) in [5.41, 5.74) is 0.920. The summed E-state index contributed by atoms with van der Waals surface area (Å²) in [5, 5.41) is 27.1. The molecule has 0 aliphatic heterocycles. The van der Waals surface area contributed by atoms with Crippen molar-refractivity contribution in [2.75, 3.05) is 5.32 Å².